The Labute approximate surface area is 329 Å². The lowest BCUT2D eigenvalue weighted by atomic mass is 9.91. The molecule has 1 aliphatic rings. The summed E-state index contributed by atoms with van der Waals surface area (Å²) in [5, 5.41) is 46.3. The number of aromatic nitrogens is 4. The van der Waals surface area contributed by atoms with Gasteiger partial charge in [-0.25, -0.2) is 19.0 Å². The maximum Gasteiger partial charge on any atom is 0.469 e. The molecule has 4 rings (SSSR count). The van der Waals surface area contributed by atoms with Gasteiger partial charge in [-0.05, 0) is 24.6 Å². The molecule has 0 saturated carbocycles. The number of nitriles is 2. The number of nitrogens with zero attached hydrogens (tertiary/aromatic N) is 6. The highest BCUT2D eigenvalue weighted by Gasteiger charge is 2.58. The number of nitrogens with two attached hydrogens (primary N) is 1. The van der Waals surface area contributed by atoms with E-state index in [1.54, 1.807) is 0 Å². The van der Waals surface area contributed by atoms with Gasteiger partial charge in [0.15, 0.2) is 11.9 Å². The predicted molar refractivity (Wildman–Crippen MR) is 207 cm³/mol. The Kier molecular flexibility index (Phi) is 18.4. The van der Waals surface area contributed by atoms with Crippen molar-refractivity contribution in [2.24, 2.45) is 0 Å². The Balaban J connectivity index is 1.33. The van der Waals surface area contributed by atoms with Gasteiger partial charge in [-0.3, -0.25) is 4.52 Å². The highest BCUT2D eigenvalue weighted by atomic mass is 31.2. The van der Waals surface area contributed by atoms with Crippen molar-refractivity contribution in [3.63, 3.8) is 0 Å². The van der Waals surface area contributed by atoms with E-state index in [9.17, 15) is 35.1 Å². The molecule has 0 radical (unpaired) electrons. The third-order valence-electron chi connectivity index (χ3n) is 10.2. The molecule has 1 fully saturated rings. The van der Waals surface area contributed by atoms with Crippen molar-refractivity contribution in [2.45, 2.75) is 152 Å². The molecule has 2 unspecified atom stereocenters. The molecule has 56 heavy (non-hydrogen) atoms. The molecule has 1 saturated heterocycles. The second-order valence-electron chi connectivity index (χ2n) is 14.5. The number of pyridine rings is 1. The van der Waals surface area contributed by atoms with E-state index in [4.69, 9.17) is 24.5 Å². The quantitative estimate of drug-likeness (QED) is 0.0437. The van der Waals surface area contributed by atoms with Gasteiger partial charge in [0.1, 0.15) is 36.2 Å². The van der Waals surface area contributed by atoms with Crippen LogP contribution >= 0.6 is 7.82 Å². The number of phosphoric acid groups is 1. The number of ether oxygens (including phenoxy) is 3. The number of rotatable bonds is 27. The van der Waals surface area contributed by atoms with Gasteiger partial charge in [-0.2, -0.15) is 15.6 Å². The van der Waals surface area contributed by atoms with E-state index in [1.165, 1.54) is 112 Å². The second kappa shape index (κ2) is 22.9. The Morgan fingerprint density at radius 3 is 2.14 bits per heavy atom. The molecule has 0 aliphatic carbocycles. The highest BCUT2D eigenvalue weighted by Crippen LogP contribution is 2.45. The first-order chi connectivity index (χ1) is 27.0. The van der Waals surface area contributed by atoms with E-state index in [0.717, 1.165) is 32.0 Å². The Bertz CT molecular complexity index is 1760. The average Bonchev–Trinajstić information content (AvgIpc) is 3.72. The second-order valence-corrected chi connectivity index (χ2v) is 15.7. The molecule has 3 aromatic heterocycles. The number of aliphatic hydroxyl groups is 2. The topological polar surface area (TPSA) is 252 Å². The van der Waals surface area contributed by atoms with E-state index in [1.807, 2.05) is 12.1 Å². The molecule has 6 atom stereocenters. The summed E-state index contributed by atoms with van der Waals surface area (Å²) < 4.78 is 36.8. The molecule has 0 amide bonds. The van der Waals surface area contributed by atoms with E-state index in [2.05, 4.69) is 22.0 Å². The Morgan fingerprint density at radius 1 is 0.929 bits per heavy atom. The largest absolute Gasteiger partial charge is 0.469 e. The Morgan fingerprint density at radius 2 is 1.55 bits per heavy atom. The molecule has 6 N–H and O–H groups in total. The summed E-state index contributed by atoms with van der Waals surface area (Å²) in [5.74, 6) is 0.0725. The van der Waals surface area contributed by atoms with E-state index >= 15 is 0 Å². The molecule has 3 aromatic rings. The van der Waals surface area contributed by atoms with Crippen molar-refractivity contribution in [3.8, 4) is 18.0 Å². The van der Waals surface area contributed by atoms with Crippen LogP contribution in [0.4, 0.5) is 5.82 Å². The van der Waals surface area contributed by atoms with Crippen LogP contribution in [0.15, 0.2) is 36.8 Å². The third-order valence-corrected chi connectivity index (χ3v) is 10.7. The number of fused-ring (bicyclic) bond motifs is 1. The predicted octanol–water partition coefficient (Wildman–Crippen LogP) is 6.01. The minimum Gasteiger partial charge on any atom is -0.469 e. The molecule has 4 heterocycles. The van der Waals surface area contributed by atoms with Crippen LogP contribution in [-0.4, -0.2) is 83.3 Å². The standard InChI is InChI=1S/C39H58N7O9P/c1-2-3-4-5-6-7-8-9-10-11-12-13-14-15-16-17-22-52-26-33(53-35-23-29(25-40)20-21-43-35)31(55-56(49,50)51)24-32-36(47)37(48)39(27-41,54-32)34-19-18-30-38(42)44-28-45-46(30)34/h18-21,23,28,31-33,36-37,47-48H,2-17,22,24,26H2,1H3,(H2,42,44,45)(H2,49,50,51)/t31?,32-,33?,36-,37-,39+/m1/s1. The molecule has 16 nitrogen and oxygen atoms in total. The monoisotopic (exact) mass is 799 g/mol. The van der Waals surface area contributed by atoms with Gasteiger partial charge < -0.3 is 39.9 Å². The van der Waals surface area contributed by atoms with Crippen molar-refractivity contribution in [2.75, 3.05) is 18.9 Å². The summed E-state index contributed by atoms with van der Waals surface area (Å²) in [4.78, 5) is 28.0. The van der Waals surface area contributed by atoms with Crippen molar-refractivity contribution in [3.05, 3.63) is 48.0 Å². The normalized spacial score (nSPS) is 20.8. The Hall–Kier alpha value is -3.70. The summed E-state index contributed by atoms with van der Waals surface area (Å²) in [6.07, 6.45) is 14.0. The minimum atomic E-state index is -5.20. The average molecular weight is 800 g/mol. The number of phosphoric ester groups is 1. The van der Waals surface area contributed by atoms with Crippen LogP contribution < -0.4 is 10.5 Å². The van der Waals surface area contributed by atoms with Crippen LogP contribution in [0.2, 0.25) is 0 Å². The number of nitrogen functional groups attached to an aromatic ring is 1. The first-order valence-corrected chi connectivity index (χ1v) is 21.4. The van der Waals surface area contributed by atoms with E-state index in [0.29, 0.717) is 12.1 Å². The number of anilines is 1. The molecule has 308 valence electrons. The molecular formula is C39H58N7O9P. The number of hydrogen-bond donors (Lipinski definition) is 5. The van der Waals surface area contributed by atoms with Crippen LogP contribution in [0.25, 0.3) is 5.52 Å². The van der Waals surface area contributed by atoms with Crippen LogP contribution in [0.3, 0.4) is 0 Å². The molecule has 0 aromatic carbocycles. The van der Waals surface area contributed by atoms with Gasteiger partial charge in [0.05, 0.1) is 30.0 Å². The first-order valence-electron chi connectivity index (χ1n) is 19.9. The zero-order chi connectivity index (χ0) is 40.4. The molecular weight excluding hydrogens is 741 g/mol. The van der Waals surface area contributed by atoms with Crippen molar-refractivity contribution >= 4 is 19.2 Å². The highest BCUT2D eigenvalue weighted by molar-refractivity contribution is 7.46. The van der Waals surface area contributed by atoms with Crippen LogP contribution in [0, 0.1) is 22.7 Å². The van der Waals surface area contributed by atoms with Gasteiger partial charge in [-0.15, -0.1) is 0 Å². The number of unbranched alkanes of at least 4 members (excludes halogenated alkanes) is 15. The van der Waals surface area contributed by atoms with Gasteiger partial charge in [-0.1, -0.05) is 103 Å². The fourth-order valence-corrected chi connectivity index (χ4v) is 7.72. The fourth-order valence-electron chi connectivity index (χ4n) is 7.14. The van der Waals surface area contributed by atoms with Gasteiger partial charge >= 0.3 is 7.82 Å². The zero-order valence-corrected chi connectivity index (χ0v) is 33.2. The van der Waals surface area contributed by atoms with Crippen LogP contribution in [-0.2, 0) is 24.2 Å². The summed E-state index contributed by atoms with van der Waals surface area (Å²) >= 11 is 0. The van der Waals surface area contributed by atoms with E-state index < -0.39 is 50.4 Å². The minimum absolute atomic E-state index is 0.0319. The SMILES string of the molecule is CCCCCCCCCCCCCCCCCCOCC(Oc1cc(C#N)ccn1)C(C[C@H]1O[C@@](C#N)(c2ccc3c(N)ncnn23)[C@H](O)[C@@H]1O)OP(=O)(O)O. The maximum absolute atomic E-state index is 12.3. The summed E-state index contributed by atoms with van der Waals surface area (Å²) in [7, 11) is -5.20. The molecule has 0 spiro atoms. The van der Waals surface area contributed by atoms with Crippen LogP contribution in [0.1, 0.15) is 127 Å². The van der Waals surface area contributed by atoms with E-state index in [-0.39, 0.29) is 29.6 Å². The molecule has 0 bridgehead atoms. The lowest BCUT2D eigenvalue weighted by Gasteiger charge is -2.30. The van der Waals surface area contributed by atoms with Crippen molar-refractivity contribution in [1.29, 1.82) is 10.5 Å². The molecule has 17 heteroatoms. The smallest absolute Gasteiger partial charge is 0.469 e. The zero-order valence-electron chi connectivity index (χ0n) is 32.3. The van der Waals surface area contributed by atoms with Crippen molar-refractivity contribution in [1.82, 2.24) is 19.6 Å². The number of aliphatic hydroxyl groups excluding tert-OH is 2. The van der Waals surface area contributed by atoms with Crippen LogP contribution in [0.5, 0.6) is 5.88 Å². The number of hydrogen-bond acceptors (Lipinski definition) is 13. The van der Waals surface area contributed by atoms with Gasteiger partial charge in [0.2, 0.25) is 11.5 Å². The molecule has 1 aliphatic heterocycles. The van der Waals surface area contributed by atoms with Crippen molar-refractivity contribution < 1.29 is 43.3 Å². The maximum atomic E-state index is 12.3. The lowest BCUT2D eigenvalue weighted by Crippen LogP contribution is -2.43. The fraction of sp³-hybridized carbons (Fsp3) is 0.667. The van der Waals surface area contributed by atoms with Gasteiger partial charge in [0, 0.05) is 25.3 Å². The summed E-state index contributed by atoms with van der Waals surface area (Å²) in [5.41, 5.74) is 4.41. The lowest BCUT2D eigenvalue weighted by molar-refractivity contribution is -0.0822. The first kappa shape index (κ1) is 45.0. The summed E-state index contributed by atoms with van der Waals surface area (Å²) in [6, 6.07) is 9.75. The third kappa shape index (κ3) is 13.2. The van der Waals surface area contributed by atoms with Gasteiger partial charge in [0.25, 0.3) is 0 Å². The summed E-state index contributed by atoms with van der Waals surface area (Å²) in [6.45, 7) is 2.37.